The molecule has 0 aromatic heterocycles. The number of ether oxygens (including phenoxy) is 2. The second kappa shape index (κ2) is 6.30. The van der Waals surface area contributed by atoms with Crippen LogP contribution in [0.5, 0.6) is 11.5 Å². The van der Waals surface area contributed by atoms with Crippen molar-refractivity contribution in [1.82, 2.24) is 0 Å². The predicted molar refractivity (Wildman–Crippen MR) is 78.3 cm³/mol. The molecule has 0 aliphatic heterocycles. The SMILES string of the molecule is CCOC(=O)c1cc(N)c(Oc2ccccc2)c(Cl)c1. The molecule has 0 fully saturated rings. The molecule has 0 spiro atoms. The zero-order valence-corrected chi connectivity index (χ0v) is 11.7. The van der Waals surface area contributed by atoms with E-state index < -0.39 is 5.97 Å². The minimum atomic E-state index is -0.465. The number of hydrogen-bond acceptors (Lipinski definition) is 4. The number of halogens is 1. The van der Waals surface area contributed by atoms with Crippen molar-refractivity contribution in [3.05, 3.63) is 53.1 Å². The van der Waals surface area contributed by atoms with Crippen molar-refractivity contribution in [2.24, 2.45) is 0 Å². The average molecular weight is 292 g/mol. The molecule has 0 unspecified atom stereocenters. The van der Waals surface area contributed by atoms with E-state index >= 15 is 0 Å². The molecule has 0 aliphatic rings. The van der Waals surface area contributed by atoms with Crippen LogP contribution in [0.1, 0.15) is 17.3 Å². The Morgan fingerprint density at radius 3 is 2.55 bits per heavy atom. The van der Waals surface area contributed by atoms with Crippen LogP contribution in [0.2, 0.25) is 5.02 Å². The van der Waals surface area contributed by atoms with Gasteiger partial charge in [0.05, 0.1) is 22.9 Å². The Balaban J connectivity index is 2.30. The van der Waals surface area contributed by atoms with E-state index in [-0.39, 0.29) is 10.7 Å². The molecule has 0 aliphatic carbocycles. The summed E-state index contributed by atoms with van der Waals surface area (Å²) in [7, 11) is 0. The fourth-order valence-corrected chi connectivity index (χ4v) is 1.93. The van der Waals surface area contributed by atoms with Gasteiger partial charge in [-0.3, -0.25) is 0 Å². The number of para-hydroxylation sites is 1. The molecular formula is C15H14ClNO3. The van der Waals surface area contributed by atoms with E-state index in [0.717, 1.165) is 0 Å². The van der Waals surface area contributed by atoms with Crippen LogP contribution in [0.4, 0.5) is 5.69 Å². The van der Waals surface area contributed by atoms with E-state index in [2.05, 4.69) is 0 Å². The van der Waals surface area contributed by atoms with Crippen molar-refractivity contribution in [2.45, 2.75) is 6.92 Å². The number of nitrogens with two attached hydrogens (primary N) is 1. The van der Waals surface area contributed by atoms with Gasteiger partial charge in [0.2, 0.25) is 0 Å². The maximum atomic E-state index is 11.6. The van der Waals surface area contributed by atoms with Crippen molar-refractivity contribution in [3.63, 3.8) is 0 Å². The molecule has 2 aromatic rings. The molecule has 104 valence electrons. The molecule has 0 atom stereocenters. The second-order valence-corrected chi connectivity index (χ2v) is 4.42. The number of carbonyl (C=O) groups excluding carboxylic acids is 1. The lowest BCUT2D eigenvalue weighted by Crippen LogP contribution is -2.06. The first-order valence-corrected chi connectivity index (χ1v) is 6.48. The van der Waals surface area contributed by atoms with E-state index in [1.54, 1.807) is 19.1 Å². The molecule has 4 nitrogen and oxygen atoms in total. The van der Waals surface area contributed by atoms with Crippen LogP contribution in [0.15, 0.2) is 42.5 Å². The van der Waals surface area contributed by atoms with Crippen LogP contribution in [-0.2, 0) is 4.74 Å². The van der Waals surface area contributed by atoms with Crippen molar-refractivity contribution in [3.8, 4) is 11.5 Å². The topological polar surface area (TPSA) is 61.5 Å². The average Bonchev–Trinajstić information content (AvgIpc) is 2.44. The van der Waals surface area contributed by atoms with Gasteiger partial charge in [-0.1, -0.05) is 29.8 Å². The van der Waals surface area contributed by atoms with E-state index in [9.17, 15) is 4.79 Å². The van der Waals surface area contributed by atoms with Gasteiger partial charge >= 0.3 is 5.97 Å². The van der Waals surface area contributed by atoms with Crippen molar-refractivity contribution in [1.29, 1.82) is 0 Å². The molecule has 0 saturated heterocycles. The lowest BCUT2D eigenvalue weighted by atomic mass is 10.2. The van der Waals surface area contributed by atoms with E-state index in [4.69, 9.17) is 26.8 Å². The number of hydrogen-bond donors (Lipinski definition) is 1. The zero-order valence-electron chi connectivity index (χ0n) is 10.9. The van der Waals surface area contributed by atoms with Crippen LogP contribution in [-0.4, -0.2) is 12.6 Å². The summed E-state index contributed by atoms with van der Waals surface area (Å²) in [4.78, 5) is 11.6. The third kappa shape index (κ3) is 3.22. The Kier molecular flexibility index (Phi) is 4.48. The minimum absolute atomic E-state index is 0.261. The fraction of sp³-hybridized carbons (Fsp3) is 0.133. The van der Waals surface area contributed by atoms with Gasteiger partial charge in [0, 0.05) is 0 Å². The van der Waals surface area contributed by atoms with E-state index in [1.165, 1.54) is 12.1 Å². The van der Waals surface area contributed by atoms with Gasteiger partial charge in [0.25, 0.3) is 0 Å². The largest absolute Gasteiger partial charge is 0.462 e. The van der Waals surface area contributed by atoms with Crippen LogP contribution < -0.4 is 10.5 Å². The summed E-state index contributed by atoms with van der Waals surface area (Å²) in [6.45, 7) is 2.02. The van der Waals surface area contributed by atoms with E-state index in [1.807, 2.05) is 18.2 Å². The number of carbonyl (C=O) groups is 1. The smallest absolute Gasteiger partial charge is 0.338 e. The van der Waals surface area contributed by atoms with Crippen molar-refractivity contribution < 1.29 is 14.3 Å². The highest BCUT2D eigenvalue weighted by Crippen LogP contribution is 2.36. The highest BCUT2D eigenvalue weighted by molar-refractivity contribution is 6.33. The van der Waals surface area contributed by atoms with Crippen LogP contribution in [0.25, 0.3) is 0 Å². The van der Waals surface area contributed by atoms with Crippen LogP contribution in [0.3, 0.4) is 0 Å². The molecule has 0 bridgehead atoms. The number of nitrogen functional groups attached to an aromatic ring is 1. The van der Waals surface area contributed by atoms with Gasteiger partial charge in [-0.05, 0) is 31.2 Å². The minimum Gasteiger partial charge on any atom is -0.462 e. The van der Waals surface area contributed by atoms with Gasteiger partial charge < -0.3 is 15.2 Å². The van der Waals surface area contributed by atoms with Crippen molar-refractivity contribution >= 4 is 23.3 Å². The van der Waals surface area contributed by atoms with Gasteiger partial charge in [-0.15, -0.1) is 0 Å². The maximum Gasteiger partial charge on any atom is 0.338 e. The second-order valence-electron chi connectivity index (χ2n) is 4.01. The van der Waals surface area contributed by atoms with Gasteiger partial charge in [0.15, 0.2) is 5.75 Å². The summed E-state index contributed by atoms with van der Waals surface area (Å²) in [5.41, 5.74) is 6.47. The standard InChI is InChI=1S/C15H14ClNO3/c1-2-19-15(18)10-8-12(16)14(13(17)9-10)20-11-6-4-3-5-7-11/h3-9H,2,17H2,1H3. The molecule has 0 saturated carbocycles. The first kappa shape index (κ1) is 14.2. The Hall–Kier alpha value is -2.20. The van der Waals surface area contributed by atoms with Gasteiger partial charge in [0.1, 0.15) is 5.75 Å². The zero-order chi connectivity index (χ0) is 14.5. The van der Waals surface area contributed by atoms with E-state index in [0.29, 0.717) is 23.7 Å². The Morgan fingerprint density at radius 1 is 1.25 bits per heavy atom. The monoisotopic (exact) mass is 291 g/mol. The summed E-state index contributed by atoms with van der Waals surface area (Å²) < 4.78 is 10.5. The molecule has 2 aromatic carbocycles. The lowest BCUT2D eigenvalue weighted by Gasteiger charge is -2.12. The summed E-state index contributed by atoms with van der Waals surface area (Å²) in [5, 5.41) is 0.261. The molecule has 0 amide bonds. The quantitative estimate of drug-likeness (QED) is 0.686. The molecule has 2 rings (SSSR count). The van der Waals surface area contributed by atoms with Gasteiger partial charge in [-0.2, -0.15) is 0 Å². The summed E-state index contributed by atoms with van der Waals surface area (Å²) in [5.74, 6) is 0.475. The fourth-order valence-electron chi connectivity index (χ4n) is 1.66. The molecule has 5 heteroatoms. The first-order chi connectivity index (χ1) is 9.61. The molecule has 2 N–H and O–H groups in total. The Bertz CT molecular complexity index is 591. The molecule has 20 heavy (non-hydrogen) atoms. The molecular weight excluding hydrogens is 278 g/mol. The summed E-state index contributed by atoms with van der Waals surface area (Å²) in [6, 6.07) is 12.1. The summed E-state index contributed by atoms with van der Waals surface area (Å²) in [6.07, 6.45) is 0. The third-order valence-electron chi connectivity index (χ3n) is 2.55. The van der Waals surface area contributed by atoms with Crippen molar-refractivity contribution in [2.75, 3.05) is 12.3 Å². The summed E-state index contributed by atoms with van der Waals surface area (Å²) >= 11 is 6.12. The number of rotatable bonds is 4. The lowest BCUT2D eigenvalue weighted by molar-refractivity contribution is 0.0526. The Labute approximate surface area is 122 Å². The first-order valence-electron chi connectivity index (χ1n) is 6.11. The normalized spacial score (nSPS) is 10.1. The number of esters is 1. The van der Waals surface area contributed by atoms with Crippen LogP contribution in [0, 0.1) is 0 Å². The third-order valence-corrected chi connectivity index (χ3v) is 2.83. The predicted octanol–water partition coefficient (Wildman–Crippen LogP) is 3.89. The highest BCUT2D eigenvalue weighted by Gasteiger charge is 2.14. The van der Waals surface area contributed by atoms with Gasteiger partial charge in [-0.25, -0.2) is 4.79 Å². The Morgan fingerprint density at radius 2 is 1.95 bits per heavy atom. The van der Waals surface area contributed by atoms with Crippen LogP contribution >= 0.6 is 11.6 Å². The highest BCUT2D eigenvalue weighted by atomic mass is 35.5. The number of anilines is 1. The molecule has 0 heterocycles. The molecule has 0 radical (unpaired) electrons. The number of benzene rings is 2. The maximum absolute atomic E-state index is 11.6.